The average molecular weight is 370 g/mol. The highest BCUT2D eigenvalue weighted by Crippen LogP contribution is 2.15. The third kappa shape index (κ3) is 5.42. The maximum atomic E-state index is 12.5. The quantitative estimate of drug-likeness (QED) is 0.611. The first-order valence-electron chi connectivity index (χ1n) is 9.12. The van der Waals surface area contributed by atoms with Crippen molar-refractivity contribution in [3.8, 4) is 0 Å². The molecule has 0 saturated carbocycles. The van der Waals surface area contributed by atoms with Crippen LogP contribution in [-0.2, 0) is 4.79 Å². The lowest BCUT2D eigenvalue weighted by atomic mass is 10.1. The molecule has 3 aromatic carbocycles. The first-order chi connectivity index (χ1) is 13.6. The Labute approximate surface area is 164 Å². The largest absolute Gasteiger partial charge is 0.346 e. The van der Waals surface area contributed by atoms with Gasteiger partial charge in [-0.15, -0.1) is 0 Å². The summed E-state index contributed by atoms with van der Waals surface area (Å²) < 4.78 is 0. The van der Waals surface area contributed by atoms with Crippen LogP contribution in [0.1, 0.15) is 34.5 Å². The van der Waals surface area contributed by atoms with Crippen molar-refractivity contribution in [2.45, 2.75) is 13.0 Å². The summed E-state index contributed by atoms with van der Waals surface area (Å²) in [5, 5.41) is 5.76. The highest BCUT2D eigenvalue weighted by molar-refractivity contribution is 6.03. The van der Waals surface area contributed by atoms with Crippen molar-refractivity contribution in [2.75, 3.05) is 5.32 Å². The summed E-state index contributed by atoms with van der Waals surface area (Å²) in [4.78, 5) is 24.7. The number of hydrogen-bond acceptors (Lipinski definition) is 2. The van der Waals surface area contributed by atoms with Gasteiger partial charge in [0.15, 0.2) is 0 Å². The Hall–Kier alpha value is -3.66. The second-order valence-electron chi connectivity index (χ2n) is 6.42. The Morgan fingerprint density at radius 3 is 2.25 bits per heavy atom. The molecular formula is C24H22N2O2. The minimum atomic E-state index is -0.251. The van der Waals surface area contributed by atoms with Crippen LogP contribution < -0.4 is 10.6 Å². The van der Waals surface area contributed by atoms with Gasteiger partial charge < -0.3 is 10.6 Å². The molecule has 0 aliphatic carbocycles. The maximum Gasteiger partial charge on any atom is 0.251 e. The summed E-state index contributed by atoms with van der Waals surface area (Å²) in [6.45, 7) is 1.94. The molecule has 1 atom stereocenters. The van der Waals surface area contributed by atoms with E-state index in [2.05, 4.69) is 10.6 Å². The number of anilines is 1. The van der Waals surface area contributed by atoms with Crippen molar-refractivity contribution in [1.29, 1.82) is 0 Å². The second-order valence-corrected chi connectivity index (χ2v) is 6.42. The van der Waals surface area contributed by atoms with Gasteiger partial charge in [0.1, 0.15) is 0 Å². The first-order valence-corrected chi connectivity index (χ1v) is 9.12. The predicted octanol–water partition coefficient (Wildman–Crippen LogP) is 4.83. The first kappa shape index (κ1) is 19.1. The monoisotopic (exact) mass is 370 g/mol. The van der Waals surface area contributed by atoms with Gasteiger partial charge in [-0.2, -0.15) is 0 Å². The summed E-state index contributed by atoms with van der Waals surface area (Å²) in [6, 6.07) is 26.1. The third-order valence-electron chi connectivity index (χ3n) is 4.27. The summed E-state index contributed by atoms with van der Waals surface area (Å²) >= 11 is 0. The van der Waals surface area contributed by atoms with Crippen LogP contribution in [0, 0.1) is 0 Å². The Morgan fingerprint density at radius 2 is 1.54 bits per heavy atom. The van der Waals surface area contributed by atoms with Gasteiger partial charge in [-0.05, 0) is 42.3 Å². The maximum absolute atomic E-state index is 12.5. The van der Waals surface area contributed by atoms with Crippen LogP contribution in [0.3, 0.4) is 0 Å². The summed E-state index contributed by atoms with van der Waals surface area (Å²) in [6.07, 6.45) is 3.22. The van der Waals surface area contributed by atoms with Crippen LogP contribution in [0.15, 0.2) is 91.0 Å². The van der Waals surface area contributed by atoms with Gasteiger partial charge in [0.25, 0.3) is 5.91 Å². The number of benzene rings is 3. The van der Waals surface area contributed by atoms with Gasteiger partial charge in [-0.1, -0.05) is 66.7 Å². The molecule has 0 aliphatic rings. The van der Waals surface area contributed by atoms with E-state index in [1.54, 1.807) is 30.3 Å². The highest BCUT2D eigenvalue weighted by Gasteiger charge is 2.12. The van der Waals surface area contributed by atoms with E-state index in [0.717, 1.165) is 11.1 Å². The lowest BCUT2D eigenvalue weighted by molar-refractivity contribution is -0.111. The molecule has 0 radical (unpaired) electrons. The van der Waals surface area contributed by atoms with E-state index < -0.39 is 0 Å². The van der Waals surface area contributed by atoms with E-state index >= 15 is 0 Å². The van der Waals surface area contributed by atoms with Gasteiger partial charge in [0, 0.05) is 17.3 Å². The van der Waals surface area contributed by atoms with Crippen LogP contribution in [0.2, 0.25) is 0 Å². The number of carbonyl (C=O) groups is 2. The number of carbonyl (C=O) groups excluding carboxylic acids is 2. The minimum absolute atomic E-state index is 0.110. The molecule has 3 rings (SSSR count). The molecule has 2 amide bonds. The van der Waals surface area contributed by atoms with E-state index in [1.807, 2.05) is 67.6 Å². The number of rotatable bonds is 6. The number of amides is 2. The number of hydrogen-bond donors (Lipinski definition) is 2. The van der Waals surface area contributed by atoms with Gasteiger partial charge in [0.05, 0.1) is 6.04 Å². The Kier molecular flexibility index (Phi) is 6.37. The molecule has 0 aliphatic heterocycles. The summed E-state index contributed by atoms with van der Waals surface area (Å²) in [7, 11) is 0. The zero-order valence-electron chi connectivity index (χ0n) is 15.6. The molecule has 0 fully saturated rings. The Morgan fingerprint density at radius 1 is 0.857 bits per heavy atom. The smallest absolute Gasteiger partial charge is 0.251 e. The molecule has 4 nitrogen and oxygen atoms in total. The topological polar surface area (TPSA) is 58.2 Å². The van der Waals surface area contributed by atoms with Gasteiger partial charge >= 0.3 is 0 Å². The van der Waals surface area contributed by atoms with Crippen molar-refractivity contribution < 1.29 is 9.59 Å². The van der Waals surface area contributed by atoms with Gasteiger partial charge in [0.2, 0.25) is 5.91 Å². The summed E-state index contributed by atoms with van der Waals surface area (Å²) in [5.74, 6) is -0.439. The lowest BCUT2D eigenvalue weighted by Crippen LogP contribution is -2.26. The van der Waals surface area contributed by atoms with E-state index in [-0.39, 0.29) is 17.9 Å². The van der Waals surface area contributed by atoms with Gasteiger partial charge in [-0.25, -0.2) is 0 Å². The van der Waals surface area contributed by atoms with E-state index in [0.29, 0.717) is 11.3 Å². The van der Waals surface area contributed by atoms with E-state index in [4.69, 9.17) is 0 Å². The lowest BCUT2D eigenvalue weighted by Gasteiger charge is -2.14. The molecule has 28 heavy (non-hydrogen) atoms. The predicted molar refractivity (Wildman–Crippen MR) is 113 cm³/mol. The zero-order chi connectivity index (χ0) is 19.8. The second kappa shape index (κ2) is 9.33. The van der Waals surface area contributed by atoms with Crippen molar-refractivity contribution in [3.63, 3.8) is 0 Å². The zero-order valence-corrected chi connectivity index (χ0v) is 15.6. The van der Waals surface area contributed by atoms with Crippen molar-refractivity contribution >= 4 is 23.6 Å². The molecular weight excluding hydrogens is 348 g/mol. The molecule has 0 spiro atoms. The van der Waals surface area contributed by atoms with Crippen molar-refractivity contribution in [3.05, 3.63) is 108 Å². The average Bonchev–Trinajstić information content (AvgIpc) is 2.74. The molecule has 0 saturated heterocycles. The van der Waals surface area contributed by atoms with E-state index in [9.17, 15) is 9.59 Å². The molecule has 3 aromatic rings. The highest BCUT2D eigenvalue weighted by atomic mass is 16.2. The van der Waals surface area contributed by atoms with Crippen LogP contribution >= 0.6 is 0 Å². The molecule has 2 N–H and O–H groups in total. The summed E-state index contributed by atoms with van der Waals surface area (Å²) in [5.41, 5.74) is 3.04. The Balaban J connectivity index is 1.62. The van der Waals surface area contributed by atoms with Crippen molar-refractivity contribution in [2.24, 2.45) is 0 Å². The normalized spacial score (nSPS) is 11.8. The Bertz CT molecular complexity index is 966. The molecule has 0 aromatic heterocycles. The molecule has 0 heterocycles. The van der Waals surface area contributed by atoms with Crippen molar-refractivity contribution in [1.82, 2.24) is 5.32 Å². The van der Waals surface area contributed by atoms with E-state index in [1.165, 1.54) is 6.08 Å². The number of nitrogens with one attached hydrogen (secondary N) is 2. The minimum Gasteiger partial charge on any atom is -0.346 e. The van der Waals surface area contributed by atoms with Crippen LogP contribution in [-0.4, -0.2) is 11.8 Å². The third-order valence-corrected chi connectivity index (χ3v) is 4.27. The van der Waals surface area contributed by atoms with Crippen LogP contribution in [0.4, 0.5) is 5.69 Å². The van der Waals surface area contributed by atoms with Crippen LogP contribution in [0.5, 0.6) is 0 Å². The molecule has 0 bridgehead atoms. The fourth-order valence-corrected chi connectivity index (χ4v) is 2.76. The fourth-order valence-electron chi connectivity index (χ4n) is 2.76. The molecule has 1 unspecified atom stereocenters. The molecule has 4 heteroatoms. The SMILES string of the molecule is CC(NC(=O)c1cccc(NC(=O)/C=C/c2ccccc2)c1)c1ccccc1. The fraction of sp³-hybridized carbons (Fsp3) is 0.0833. The molecule has 140 valence electrons. The standard InChI is InChI=1S/C24H22N2O2/c1-18(20-11-6-3-7-12-20)25-24(28)21-13-8-14-22(17-21)26-23(27)16-15-19-9-4-2-5-10-19/h2-18H,1H3,(H,25,28)(H,26,27)/b16-15+. The van der Waals surface area contributed by atoms with Crippen LogP contribution in [0.25, 0.3) is 6.08 Å². The van der Waals surface area contributed by atoms with Gasteiger partial charge in [-0.3, -0.25) is 9.59 Å².